The molecule has 2 rings (SSSR count). The fourth-order valence-electron chi connectivity index (χ4n) is 2.04. The van der Waals surface area contributed by atoms with Crippen LogP contribution in [0.15, 0.2) is 0 Å². The van der Waals surface area contributed by atoms with Gasteiger partial charge >= 0.3 is 0 Å². The minimum atomic E-state index is -0.0870. The number of anilines is 2. The molecule has 0 aromatic carbocycles. The highest BCUT2D eigenvalue weighted by Crippen LogP contribution is 2.25. The molecule has 0 spiro atoms. The van der Waals surface area contributed by atoms with Gasteiger partial charge in [0.2, 0.25) is 0 Å². The van der Waals surface area contributed by atoms with Crippen molar-refractivity contribution in [2.45, 2.75) is 38.6 Å². The fraction of sp³-hybridized carbons (Fsp3) is 0.636. The lowest BCUT2D eigenvalue weighted by molar-refractivity contribution is 0.0942. The summed E-state index contributed by atoms with van der Waals surface area (Å²) in [6.45, 7) is 2.76. The minimum absolute atomic E-state index is 0.0870. The highest BCUT2D eigenvalue weighted by Gasteiger charge is 2.21. The third-order valence-corrected chi connectivity index (χ3v) is 3.91. The van der Waals surface area contributed by atoms with Crippen molar-refractivity contribution in [3.8, 4) is 0 Å². The molecule has 0 saturated heterocycles. The van der Waals surface area contributed by atoms with Gasteiger partial charge in [-0.2, -0.15) is 0 Å². The van der Waals surface area contributed by atoms with Crippen LogP contribution in [0.3, 0.4) is 0 Å². The number of carbonyl (C=O) groups excluding carboxylic acids is 1. The maximum Gasteiger partial charge on any atom is 0.265 e. The molecule has 1 aliphatic carbocycles. The lowest BCUT2D eigenvalue weighted by atomic mass is 10.2. The lowest BCUT2D eigenvalue weighted by Gasteiger charge is -2.10. The molecule has 94 valence electrons. The van der Waals surface area contributed by atoms with Crippen LogP contribution < -0.4 is 16.4 Å². The topological polar surface area (TPSA) is 80.0 Å². The van der Waals surface area contributed by atoms with Gasteiger partial charge in [-0.25, -0.2) is 4.98 Å². The molecule has 1 aromatic heterocycles. The van der Waals surface area contributed by atoms with Crippen molar-refractivity contribution < 1.29 is 4.79 Å². The van der Waals surface area contributed by atoms with E-state index < -0.39 is 0 Å². The van der Waals surface area contributed by atoms with E-state index in [9.17, 15) is 4.79 Å². The number of hydrogen-bond donors (Lipinski definition) is 3. The van der Waals surface area contributed by atoms with Crippen molar-refractivity contribution >= 4 is 28.2 Å². The van der Waals surface area contributed by atoms with Gasteiger partial charge in [0, 0.05) is 12.6 Å². The summed E-state index contributed by atoms with van der Waals surface area (Å²) < 4.78 is 0. The summed E-state index contributed by atoms with van der Waals surface area (Å²) in [5, 5.41) is 6.79. The van der Waals surface area contributed by atoms with Crippen LogP contribution in [0.4, 0.5) is 10.9 Å². The average Bonchev–Trinajstić information content (AvgIpc) is 2.88. The summed E-state index contributed by atoms with van der Waals surface area (Å²) in [6, 6.07) is 0.312. The molecule has 5 nitrogen and oxygen atoms in total. The van der Waals surface area contributed by atoms with Crippen LogP contribution in [0, 0.1) is 0 Å². The second-order valence-corrected chi connectivity index (χ2v) is 5.22. The van der Waals surface area contributed by atoms with Gasteiger partial charge in [0.15, 0.2) is 5.13 Å². The summed E-state index contributed by atoms with van der Waals surface area (Å²) in [4.78, 5) is 16.6. The molecule has 1 heterocycles. The van der Waals surface area contributed by atoms with Gasteiger partial charge in [0.05, 0.1) is 0 Å². The van der Waals surface area contributed by atoms with Crippen LogP contribution in [0.5, 0.6) is 0 Å². The number of nitrogens with zero attached hydrogens (tertiary/aromatic N) is 1. The van der Waals surface area contributed by atoms with Gasteiger partial charge in [-0.15, -0.1) is 0 Å². The zero-order valence-electron chi connectivity index (χ0n) is 9.95. The molecule has 1 amide bonds. The third kappa shape index (κ3) is 2.88. The lowest BCUT2D eigenvalue weighted by Crippen LogP contribution is -2.32. The van der Waals surface area contributed by atoms with Crippen molar-refractivity contribution in [2.24, 2.45) is 0 Å². The molecule has 0 unspecified atom stereocenters. The Labute approximate surface area is 105 Å². The zero-order chi connectivity index (χ0) is 12.3. The zero-order valence-corrected chi connectivity index (χ0v) is 10.8. The highest BCUT2D eigenvalue weighted by molar-refractivity contribution is 7.18. The van der Waals surface area contributed by atoms with Crippen LogP contribution >= 0.6 is 11.3 Å². The van der Waals surface area contributed by atoms with E-state index in [2.05, 4.69) is 15.6 Å². The third-order valence-electron chi connectivity index (χ3n) is 2.88. The number of nitrogen functional groups attached to an aromatic ring is 1. The molecule has 17 heavy (non-hydrogen) atoms. The Kier molecular flexibility index (Phi) is 3.83. The van der Waals surface area contributed by atoms with E-state index in [1.807, 2.05) is 6.92 Å². The number of carbonyl (C=O) groups is 1. The van der Waals surface area contributed by atoms with Gasteiger partial charge in [-0.1, -0.05) is 24.2 Å². The molecule has 0 aliphatic heterocycles. The molecule has 0 radical (unpaired) electrons. The molecular weight excluding hydrogens is 236 g/mol. The van der Waals surface area contributed by atoms with Gasteiger partial charge < -0.3 is 16.4 Å². The van der Waals surface area contributed by atoms with Crippen molar-refractivity contribution in [3.05, 3.63) is 4.88 Å². The number of rotatable bonds is 4. The number of thiazole rings is 1. The number of nitrogens with one attached hydrogen (secondary N) is 2. The van der Waals surface area contributed by atoms with Crippen LogP contribution in [0.2, 0.25) is 0 Å². The van der Waals surface area contributed by atoms with E-state index in [1.165, 1.54) is 24.2 Å². The van der Waals surface area contributed by atoms with Crippen molar-refractivity contribution in [3.63, 3.8) is 0 Å². The Morgan fingerprint density at radius 1 is 1.53 bits per heavy atom. The van der Waals surface area contributed by atoms with E-state index >= 15 is 0 Å². The van der Waals surface area contributed by atoms with Crippen LogP contribution in [0.1, 0.15) is 42.3 Å². The quantitative estimate of drug-likeness (QED) is 0.765. The molecule has 4 N–H and O–H groups in total. The van der Waals surface area contributed by atoms with E-state index in [-0.39, 0.29) is 5.91 Å². The normalized spacial score (nSPS) is 16.1. The summed E-state index contributed by atoms with van der Waals surface area (Å²) in [6.07, 6.45) is 4.55. The maximum atomic E-state index is 12.0. The van der Waals surface area contributed by atoms with Crippen LogP contribution in [-0.4, -0.2) is 23.5 Å². The standard InChI is InChI=1S/C11H18N4OS/c1-2-13-11-15-9(12)8(17-11)10(16)14-7-5-3-4-6-7/h7H,2-6,12H2,1H3,(H,13,15)(H,14,16). The smallest absolute Gasteiger partial charge is 0.265 e. The van der Waals surface area contributed by atoms with E-state index in [1.54, 1.807) is 0 Å². The SMILES string of the molecule is CCNc1nc(N)c(C(=O)NC2CCCC2)s1. The maximum absolute atomic E-state index is 12.0. The second-order valence-electron chi connectivity index (χ2n) is 4.22. The summed E-state index contributed by atoms with van der Waals surface area (Å²) >= 11 is 1.32. The summed E-state index contributed by atoms with van der Waals surface area (Å²) in [5.41, 5.74) is 5.75. The number of aromatic nitrogens is 1. The van der Waals surface area contributed by atoms with Crippen LogP contribution in [-0.2, 0) is 0 Å². The predicted molar refractivity (Wildman–Crippen MR) is 70.4 cm³/mol. The Morgan fingerprint density at radius 2 is 2.24 bits per heavy atom. The van der Waals surface area contributed by atoms with Gasteiger partial charge in [-0.3, -0.25) is 4.79 Å². The minimum Gasteiger partial charge on any atom is -0.382 e. The number of nitrogens with two attached hydrogens (primary N) is 1. The Bertz CT molecular complexity index is 398. The Balaban J connectivity index is 2.02. The second kappa shape index (κ2) is 5.35. The van der Waals surface area contributed by atoms with Gasteiger partial charge in [0.1, 0.15) is 10.7 Å². The molecule has 1 fully saturated rings. The average molecular weight is 254 g/mol. The predicted octanol–water partition coefficient (Wildman–Crippen LogP) is 1.83. The van der Waals surface area contributed by atoms with Crippen molar-refractivity contribution in [1.82, 2.24) is 10.3 Å². The molecule has 1 saturated carbocycles. The molecule has 0 bridgehead atoms. The highest BCUT2D eigenvalue weighted by atomic mass is 32.1. The first-order valence-corrected chi connectivity index (χ1v) is 6.83. The van der Waals surface area contributed by atoms with E-state index in [0.29, 0.717) is 21.9 Å². The molecule has 6 heteroatoms. The van der Waals surface area contributed by atoms with Crippen LogP contribution in [0.25, 0.3) is 0 Å². The number of hydrogen-bond acceptors (Lipinski definition) is 5. The molecule has 1 aromatic rings. The largest absolute Gasteiger partial charge is 0.382 e. The molecule has 1 aliphatic rings. The fourth-order valence-corrected chi connectivity index (χ4v) is 2.90. The first-order valence-electron chi connectivity index (χ1n) is 6.01. The van der Waals surface area contributed by atoms with Gasteiger partial charge in [0.25, 0.3) is 5.91 Å². The first-order chi connectivity index (χ1) is 8.20. The summed E-state index contributed by atoms with van der Waals surface area (Å²) in [7, 11) is 0. The molecule has 0 atom stereocenters. The summed E-state index contributed by atoms with van der Waals surface area (Å²) in [5.74, 6) is 0.234. The Hall–Kier alpha value is -1.30. The van der Waals surface area contributed by atoms with E-state index in [0.717, 1.165) is 19.4 Å². The van der Waals surface area contributed by atoms with Crippen molar-refractivity contribution in [2.75, 3.05) is 17.6 Å². The molecular formula is C11H18N4OS. The van der Waals surface area contributed by atoms with E-state index in [4.69, 9.17) is 5.73 Å². The van der Waals surface area contributed by atoms with Crippen molar-refractivity contribution in [1.29, 1.82) is 0 Å². The first kappa shape index (κ1) is 12.2. The monoisotopic (exact) mass is 254 g/mol. The number of amides is 1. The van der Waals surface area contributed by atoms with Gasteiger partial charge in [-0.05, 0) is 19.8 Å². The Morgan fingerprint density at radius 3 is 2.88 bits per heavy atom.